The van der Waals surface area contributed by atoms with Crippen LogP contribution in [0.3, 0.4) is 0 Å². The Bertz CT molecular complexity index is 440. The number of benzene rings is 1. The number of hydrogen-bond donors (Lipinski definition) is 2. The molecule has 0 aromatic heterocycles. The minimum atomic E-state index is -0.807. The van der Waals surface area contributed by atoms with E-state index in [9.17, 15) is 9.90 Å². The molecular weight excluding hydrogens is 264 g/mol. The van der Waals surface area contributed by atoms with E-state index < -0.39 is 6.09 Å². The third kappa shape index (κ3) is 3.01. The first-order chi connectivity index (χ1) is 8.75. The van der Waals surface area contributed by atoms with Crippen molar-refractivity contribution in [2.45, 2.75) is 19.0 Å². The van der Waals surface area contributed by atoms with Crippen molar-refractivity contribution in [3.8, 4) is 0 Å². The summed E-state index contributed by atoms with van der Waals surface area (Å²) in [5.74, 6) is 1.27. The Labute approximate surface area is 119 Å². The number of halogens is 1. The molecule has 1 heterocycles. The van der Waals surface area contributed by atoms with Gasteiger partial charge in [-0.2, -0.15) is 0 Å². The van der Waals surface area contributed by atoms with Crippen LogP contribution in [0.2, 0.25) is 0 Å². The highest BCUT2D eigenvalue weighted by Gasteiger charge is 2.48. The number of piperidine rings is 1. The van der Waals surface area contributed by atoms with Crippen LogP contribution < -0.4 is 5.32 Å². The summed E-state index contributed by atoms with van der Waals surface area (Å²) >= 11 is 0. The van der Waals surface area contributed by atoms with Gasteiger partial charge in [-0.1, -0.05) is 30.3 Å². The normalized spacial score (nSPS) is 27.9. The summed E-state index contributed by atoms with van der Waals surface area (Å²) in [5, 5.41) is 12.8. The third-order valence-corrected chi connectivity index (χ3v) is 4.07. The van der Waals surface area contributed by atoms with E-state index in [1.54, 1.807) is 4.90 Å². The van der Waals surface area contributed by atoms with Gasteiger partial charge in [-0.15, -0.1) is 12.4 Å². The Balaban J connectivity index is 0.00000133. The van der Waals surface area contributed by atoms with Gasteiger partial charge in [0.05, 0.1) is 6.04 Å². The van der Waals surface area contributed by atoms with Crippen molar-refractivity contribution in [3.05, 3.63) is 35.9 Å². The van der Waals surface area contributed by atoms with Crippen molar-refractivity contribution in [3.63, 3.8) is 0 Å². The van der Waals surface area contributed by atoms with Gasteiger partial charge in [-0.25, -0.2) is 4.79 Å². The predicted octanol–water partition coefficient (Wildman–Crippen LogP) is 2.20. The summed E-state index contributed by atoms with van der Waals surface area (Å²) in [6.07, 6.45) is 0.370. The van der Waals surface area contributed by atoms with E-state index in [2.05, 4.69) is 5.32 Å². The lowest BCUT2D eigenvalue weighted by molar-refractivity contribution is 0.106. The van der Waals surface area contributed by atoms with Crippen LogP contribution in [-0.2, 0) is 6.54 Å². The molecule has 1 saturated carbocycles. The highest BCUT2D eigenvalue weighted by molar-refractivity contribution is 5.85. The van der Waals surface area contributed by atoms with Crippen LogP contribution in [0.1, 0.15) is 12.0 Å². The molecule has 1 aromatic rings. The maximum Gasteiger partial charge on any atom is 0.407 e. The topological polar surface area (TPSA) is 52.6 Å². The van der Waals surface area contributed by atoms with Crippen LogP contribution in [0.15, 0.2) is 30.3 Å². The molecule has 1 aliphatic carbocycles. The molecule has 1 aromatic carbocycles. The first-order valence-electron chi connectivity index (χ1n) is 6.50. The summed E-state index contributed by atoms with van der Waals surface area (Å²) in [6.45, 7) is 2.34. The fourth-order valence-electron chi connectivity index (χ4n) is 2.99. The number of carbonyl (C=O) groups is 1. The van der Waals surface area contributed by atoms with Crippen molar-refractivity contribution >= 4 is 18.5 Å². The molecule has 4 nitrogen and oxygen atoms in total. The maximum atomic E-state index is 11.5. The molecule has 0 unspecified atom stereocenters. The first kappa shape index (κ1) is 14.2. The standard InChI is InChI=1S/C14H18N2O2.ClH/c17-14(18)16(9-10-4-2-1-3-5-10)13-8-15-7-11-6-12(11)13;/h1-5,11-13,15H,6-9H2,(H,17,18);1H/t11-,12-,13+;/m1./s1. The summed E-state index contributed by atoms with van der Waals surface area (Å²) < 4.78 is 0. The van der Waals surface area contributed by atoms with Crippen LogP contribution in [0.4, 0.5) is 4.79 Å². The van der Waals surface area contributed by atoms with Crippen molar-refractivity contribution in [2.24, 2.45) is 11.8 Å². The largest absolute Gasteiger partial charge is 0.465 e. The first-order valence-corrected chi connectivity index (χ1v) is 6.50. The molecule has 0 bridgehead atoms. The second-order valence-electron chi connectivity index (χ2n) is 5.28. The number of rotatable bonds is 3. The number of amides is 1. The van der Waals surface area contributed by atoms with Gasteiger partial charge >= 0.3 is 6.09 Å². The molecule has 1 aliphatic heterocycles. The molecular formula is C14H19ClN2O2. The second-order valence-corrected chi connectivity index (χ2v) is 5.28. The Morgan fingerprint density at radius 2 is 2.05 bits per heavy atom. The average Bonchev–Trinajstić information content (AvgIpc) is 3.16. The fraction of sp³-hybridized carbons (Fsp3) is 0.500. The zero-order valence-corrected chi connectivity index (χ0v) is 11.5. The molecule has 1 amide bonds. The van der Waals surface area contributed by atoms with E-state index in [-0.39, 0.29) is 18.4 Å². The molecule has 5 heteroatoms. The lowest BCUT2D eigenvalue weighted by atomic mass is 10.0. The predicted molar refractivity (Wildman–Crippen MR) is 75.5 cm³/mol. The lowest BCUT2D eigenvalue weighted by Crippen LogP contribution is -2.49. The van der Waals surface area contributed by atoms with E-state index >= 15 is 0 Å². The van der Waals surface area contributed by atoms with E-state index in [4.69, 9.17) is 0 Å². The van der Waals surface area contributed by atoms with Crippen molar-refractivity contribution in [1.82, 2.24) is 10.2 Å². The second kappa shape index (κ2) is 5.80. The number of nitrogens with one attached hydrogen (secondary N) is 1. The Kier molecular flexibility index (Phi) is 4.32. The lowest BCUT2D eigenvalue weighted by Gasteiger charge is -2.32. The maximum absolute atomic E-state index is 11.5. The van der Waals surface area contributed by atoms with Crippen LogP contribution in [-0.4, -0.2) is 35.2 Å². The van der Waals surface area contributed by atoms with Gasteiger partial charge in [-0.3, -0.25) is 4.90 Å². The Hall–Kier alpha value is -1.26. The molecule has 2 N–H and O–H groups in total. The van der Waals surface area contributed by atoms with Gasteiger partial charge < -0.3 is 10.4 Å². The minimum absolute atomic E-state index is 0. The molecule has 1 saturated heterocycles. The number of hydrogen-bond acceptors (Lipinski definition) is 2. The monoisotopic (exact) mass is 282 g/mol. The minimum Gasteiger partial charge on any atom is -0.465 e. The van der Waals surface area contributed by atoms with E-state index in [0.29, 0.717) is 18.4 Å². The fourth-order valence-corrected chi connectivity index (χ4v) is 2.99. The summed E-state index contributed by atoms with van der Waals surface area (Å²) in [5.41, 5.74) is 1.06. The number of fused-ring (bicyclic) bond motifs is 1. The van der Waals surface area contributed by atoms with Gasteiger partial charge in [0, 0.05) is 13.1 Å². The molecule has 3 atom stereocenters. The highest BCUT2D eigenvalue weighted by Crippen LogP contribution is 2.44. The van der Waals surface area contributed by atoms with Crippen molar-refractivity contribution in [1.29, 1.82) is 0 Å². The van der Waals surface area contributed by atoms with Crippen molar-refractivity contribution in [2.75, 3.05) is 13.1 Å². The van der Waals surface area contributed by atoms with Crippen LogP contribution in [0.25, 0.3) is 0 Å². The zero-order chi connectivity index (χ0) is 12.5. The van der Waals surface area contributed by atoms with Gasteiger partial charge in [0.2, 0.25) is 0 Å². The molecule has 0 radical (unpaired) electrons. The summed E-state index contributed by atoms with van der Waals surface area (Å²) in [6, 6.07) is 9.96. The van der Waals surface area contributed by atoms with E-state index in [1.807, 2.05) is 30.3 Å². The molecule has 2 fully saturated rings. The number of nitrogens with zero attached hydrogens (tertiary/aromatic N) is 1. The molecule has 2 aliphatic rings. The Morgan fingerprint density at radius 3 is 2.74 bits per heavy atom. The highest BCUT2D eigenvalue weighted by atomic mass is 35.5. The van der Waals surface area contributed by atoms with E-state index in [0.717, 1.165) is 18.7 Å². The third-order valence-electron chi connectivity index (χ3n) is 4.07. The van der Waals surface area contributed by atoms with Gasteiger partial charge in [0.25, 0.3) is 0 Å². The molecule has 104 valence electrons. The zero-order valence-electron chi connectivity index (χ0n) is 10.7. The average molecular weight is 283 g/mol. The summed E-state index contributed by atoms with van der Waals surface area (Å²) in [4.78, 5) is 13.1. The molecule has 19 heavy (non-hydrogen) atoms. The van der Waals surface area contributed by atoms with Crippen LogP contribution in [0, 0.1) is 11.8 Å². The molecule has 0 spiro atoms. The van der Waals surface area contributed by atoms with Crippen LogP contribution in [0.5, 0.6) is 0 Å². The van der Waals surface area contributed by atoms with Gasteiger partial charge in [-0.05, 0) is 30.4 Å². The van der Waals surface area contributed by atoms with Gasteiger partial charge in [0.1, 0.15) is 0 Å². The SMILES string of the molecule is Cl.O=C(O)N(Cc1ccccc1)[C@H]1CNC[C@H]2C[C@H]21. The van der Waals surface area contributed by atoms with E-state index in [1.165, 1.54) is 6.42 Å². The van der Waals surface area contributed by atoms with Gasteiger partial charge in [0.15, 0.2) is 0 Å². The number of carboxylic acid groups (broad SMARTS) is 1. The summed E-state index contributed by atoms with van der Waals surface area (Å²) in [7, 11) is 0. The van der Waals surface area contributed by atoms with Crippen molar-refractivity contribution < 1.29 is 9.90 Å². The Morgan fingerprint density at radius 1 is 1.32 bits per heavy atom. The quantitative estimate of drug-likeness (QED) is 0.894. The smallest absolute Gasteiger partial charge is 0.407 e. The molecule has 3 rings (SSSR count). The van der Waals surface area contributed by atoms with Crippen LogP contribution >= 0.6 is 12.4 Å².